The zero-order valence-corrected chi connectivity index (χ0v) is 11.3. The van der Waals surface area contributed by atoms with Crippen LogP contribution in [-0.4, -0.2) is 4.98 Å². The third-order valence-electron chi connectivity index (χ3n) is 3.17. The van der Waals surface area contributed by atoms with Crippen molar-refractivity contribution in [3.8, 4) is 0 Å². The second kappa shape index (κ2) is 5.44. The minimum atomic E-state index is -4.36. The first-order valence-electron chi connectivity index (χ1n) is 6.25. The van der Waals surface area contributed by atoms with Crippen molar-refractivity contribution >= 4 is 0 Å². The molecule has 0 saturated carbocycles. The molecule has 0 bridgehead atoms. The van der Waals surface area contributed by atoms with E-state index in [0.717, 1.165) is 18.3 Å². The molecule has 0 aliphatic carbocycles. The van der Waals surface area contributed by atoms with Crippen LogP contribution in [0.1, 0.15) is 23.7 Å². The van der Waals surface area contributed by atoms with Crippen molar-refractivity contribution in [1.82, 2.24) is 4.98 Å². The van der Waals surface area contributed by atoms with Crippen LogP contribution in [0.4, 0.5) is 17.6 Å². The van der Waals surface area contributed by atoms with Gasteiger partial charge in [-0.15, -0.1) is 0 Å². The molecule has 1 aromatic carbocycles. The lowest BCUT2D eigenvalue weighted by atomic mass is 9.90. The molecule has 2 N–H and O–H groups in total. The molecule has 0 aliphatic heterocycles. The van der Waals surface area contributed by atoms with Crippen LogP contribution < -0.4 is 5.73 Å². The predicted molar refractivity (Wildman–Crippen MR) is 70.9 cm³/mol. The van der Waals surface area contributed by atoms with E-state index >= 15 is 0 Å². The van der Waals surface area contributed by atoms with E-state index in [9.17, 15) is 17.6 Å². The van der Waals surface area contributed by atoms with Crippen molar-refractivity contribution in [2.75, 3.05) is 0 Å². The standard InChI is InChI=1S/C15H14F4N2/c1-14(20,13-7-6-12(16)9-21-13)8-10-2-4-11(5-3-10)15(17,18)19/h2-7,9H,8,20H2,1H3. The van der Waals surface area contributed by atoms with Gasteiger partial charge in [0.15, 0.2) is 0 Å². The van der Waals surface area contributed by atoms with Gasteiger partial charge in [0, 0.05) is 0 Å². The maximum atomic E-state index is 12.8. The monoisotopic (exact) mass is 298 g/mol. The molecule has 6 heteroatoms. The highest BCUT2D eigenvalue weighted by Crippen LogP contribution is 2.30. The summed E-state index contributed by atoms with van der Waals surface area (Å²) in [5.74, 6) is -0.468. The normalized spacial score (nSPS) is 14.8. The topological polar surface area (TPSA) is 38.9 Å². The zero-order chi connectivity index (χ0) is 15.7. The Kier molecular flexibility index (Phi) is 4.00. The lowest BCUT2D eigenvalue weighted by Gasteiger charge is -2.24. The van der Waals surface area contributed by atoms with Crippen LogP contribution in [-0.2, 0) is 18.1 Å². The van der Waals surface area contributed by atoms with Crippen LogP contribution in [0.2, 0.25) is 0 Å². The summed E-state index contributed by atoms with van der Waals surface area (Å²) < 4.78 is 50.3. The average Bonchev–Trinajstić information content (AvgIpc) is 2.38. The Labute approximate surface area is 119 Å². The summed E-state index contributed by atoms with van der Waals surface area (Å²) in [6, 6.07) is 7.53. The molecule has 1 heterocycles. The van der Waals surface area contributed by atoms with Crippen LogP contribution >= 0.6 is 0 Å². The summed E-state index contributed by atoms with van der Waals surface area (Å²) in [5.41, 5.74) is 5.67. The Morgan fingerprint density at radius 1 is 1.05 bits per heavy atom. The van der Waals surface area contributed by atoms with E-state index < -0.39 is 23.1 Å². The summed E-state index contributed by atoms with van der Waals surface area (Å²) in [6.07, 6.45) is -3.00. The van der Waals surface area contributed by atoms with Gasteiger partial charge in [0.05, 0.1) is 23.0 Å². The molecule has 0 spiro atoms. The molecule has 1 atom stereocenters. The van der Waals surface area contributed by atoms with Gasteiger partial charge in [-0.05, 0) is 43.2 Å². The Morgan fingerprint density at radius 2 is 1.67 bits per heavy atom. The van der Waals surface area contributed by atoms with Crippen molar-refractivity contribution in [2.24, 2.45) is 5.73 Å². The second-order valence-electron chi connectivity index (χ2n) is 5.15. The van der Waals surface area contributed by atoms with E-state index in [0.29, 0.717) is 17.7 Å². The van der Waals surface area contributed by atoms with E-state index in [1.807, 2.05) is 0 Å². The molecule has 112 valence electrons. The second-order valence-corrected chi connectivity index (χ2v) is 5.15. The lowest BCUT2D eigenvalue weighted by molar-refractivity contribution is -0.137. The number of hydrogen-bond donors (Lipinski definition) is 1. The van der Waals surface area contributed by atoms with Crippen LogP contribution in [0, 0.1) is 5.82 Å². The number of halogens is 4. The number of benzene rings is 1. The quantitative estimate of drug-likeness (QED) is 0.878. The predicted octanol–water partition coefficient (Wildman–Crippen LogP) is 3.66. The van der Waals surface area contributed by atoms with Gasteiger partial charge in [-0.25, -0.2) is 4.39 Å². The first-order chi connectivity index (χ1) is 9.68. The van der Waals surface area contributed by atoms with E-state index in [1.165, 1.54) is 24.3 Å². The maximum absolute atomic E-state index is 12.8. The van der Waals surface area contributed by atoms with Crippen LogP contribution in [0.5, 0.6) is 0 Å². The van der Waals surface area contributed by atoms with Crippen molar-refractivity contribution in [2.45, 2.75) is 25.1 Å². The molecule has 1 aromatic heterocycles. The molecule has 2 rings (SSSR count). The SMILES string of the molecule is CC(N)(Cc1ccc(C(F)(F)F)cc1)c1ccc(F)cn1. The van der Waals surface area contributed by atoms with Gasteiger partial charge in [-0.3, -0.25) is 4.98 Å². The highest BCUT2D eigenvalue weighted by atomic mass is 19.4. The molecule has 2 aromatic rings. The largest absolute Gasteiger partial charge is 0.416 e. The minimum Gasteiger partial charge on any atom is -0.320 e. The molecular weight excluding hydrogens is 284 g/mol. The molecule has 0 saturated heterocycles. The highest BCUT2D eigenvalue weighted by Gasteiger charge is 2.30. The molecule has 0 aliphatic rings. The number of pyridine rings is 1. The van der Waals surface area contributed by atoms with Crippen molar-refractivity contribution < 1.29 is 17.6 Å². The summed E-state index contributed by atoms with van der Waals surface area (Å²) >= 11 is 0. The van der Waals surface area contributed by atoms with E-state index in [-0.39, 0.29) is 0 Å². The van der Waals surface area contributed by atoms with Gasteiger partial charge in [0.1, 0.15) is 5.82 Å². The molecule has 21 heavy (non-hydrogen) atoms. The first kappa shape index (κ1) is 15.4. The number of hydrogen-bond acceptors (Lipinski definition) is 2. The molecule has 1 unspecified atom stereocenters. The number of aromatic nitrogens is 1. The minimum absolute atomic E-state index is 0.295. The Hall–Kier alpha value is -1.95. The Bertz CT molecular complexity index is 601. The zero-order valence-electron chi connectivity index (χ0n) is 11.3. The number of alkyl halides is 3. The summed E-state index contributed by atoms with van der Waals surface area (Å²) in [4.78, 5) is 3.92. The lowest BCUT2D eigenvalue weighted by Crippen LogP contribution is -2.36. The number of nitrogens with zero attached hydrogens (tertiary/aromatic N) is 1. The van der Waals surface area contributed by atoms with Crippen molar-refractivity contribution in [3.63, 3.8) is 0 Å². The van der Waals surface area contributed by atoms with Crippen LogP contribution in [0.25, 0.3) is 0 Å². The van der Waals surface area contributed by atoms with Crippen molar-refractivity contribution in [3.05, 3.63) is 65.2 Å². The fourth-order valence-corrected chi connectivity index (χ4v) is 2.04. The Morgan fingerprint density at radius 3 is 2.14 bits per heavy atom. The van der Waals surface area contributed by atoms with E-state index in [1.54, 1.807) is 6.92 Å². The fourth-order valence-electron chi connectivity index (χ4n) is 2.04. The van der Waals surface area contributed by atoms with E-state index in [2.05, 4.69) is 4.98 Å². The molecule has 0 radical (unpaired) electrons. The van der Waals surface area contributed by atoms with Crippen molar-refractivity contribution in [1.29, 1.82) is 0 Å². The number of rotatable bonds is 3. The third kappa shape index (κ3) is 3.78. The Balaban J connectivity index is 2.18. The van der Waals surface area contributed by atoms with Gasteiger partial charge in [0.2, 0.25) is 0 Å². The summed E-state index contributed by atoms with van der Waals surface area (Å²) in [7, 11) is 0. The van der Waals surface area contributed by atoms with E-state index in [4.69, 9.17) is 5.73 Å². The van der Waals surface area contributed by atoms with Gasteiger partial charge in [0.25, 0.3) is 0 Å². The highest BCUT2D eigenvalue weighted by molar-refractivity contribution is 5.27. The van der Waals surface area contributed by atoms with Crippen LogP contribution in [0.3, 0.4) is 0 Å². The maximum Gasteiger partial charge on any atom is 0.416 e. The smallest absolute Gasteiger partial charge is 0.320 e. The van der Waals surface area contributed by atoms with Gasteiger partial charge < -0.3 is 5.73 Å². The average molecular weight is 298 g/mol. The summed E-state index contributed by atoms with van der Waals surface area (Å²) in [5, 5.41) is 0. The van der Waals surface area contributed by atoms with Gasteiger partial charge >= 0.3 is 6.18 Å². The van der Waals surface area contributed by atoms with Gasteiger partial charge in [-0.1, -0.05) is 12.1 Å². The molecule has 0 fully saturated rings. The molecular formula is C15H14F4N2. The third-order valence-corrected chi connectivity index (χ3v) is 3.17. The summed E-state index contributed by atoms with van der Waals surface area (Å²) in [6.45, 7) is 1.70. The number of nitrogens with two attached hydrogens (primary N) is 1. The molecule has 2 nitrogen and oxygen atoms in total. The first-order valence-corrected chi connectivity index (χ1v) is 6.25. The fraction of sp³-hybridized carbons (Fsp3) is 0.267. The molecule has 0 amide bonds. The van der Waals surface area contributed by atoms with Crippen LogP contribution in [0.15, 0.2) is 42.6 Å². The van der Waals surface area contributed by atoms with Gasteiger partial charge in [-0.2, -0.15) is 13.2 Å².